The van der Waals surface area contributed by atoms with Gasteiger partial charge in [-0.15, -0.1) is 0 Å². The summed E-state index contributed by atoms with van der Waals surface area (Å²) >= 11 is 0. The number of aromatic hydroxyl groups is 1. The van der Waals surface area contributed by atoms with Crippen LogP contribution in [-0.2, 0) is 17.5 Å². The number of alkyl halides is 3. The molecule has 1 heterocycles. The number of nitrogens with one attached hydrogen (secondary N) is 1. The van der Waals surface area contributed by atoms with Crippen LogP contribution in [0.4, 0.5) is 13.2 Å². The van der Waals surface area contributed by atoms with Crippen molar-refractivity contribution in [2.45, 2.75) is 43.4 Å². The van der Waals surface area contributed by atoms with E-state index in [2.05, 4.69) is 5.32 Å². The maximum absolute atomic E-state index is 12.9. The molecule has 1 saturated heterocycles. The third-order valence-corrected chi connectivity index (χ3v) is 5.03. The molecule has 0 saturated carbocycles. The van der Waals surface area contributed by atoms with Crippen LogP contribution in [0.25, 0.3) is 0 Å². The van der Waals surface area contributed by atoms with Crippen molar-refractivity contribution in [3.63, 3.8) is 0 Å². The van der Waals surface area contributed by atoms with Gasteiger partial charge in [-0.3, -0.25) is 4.79 Å². The number of phenolic OH excluding ortho intramolecular Hbond substituents is 1. The molecule has 1 aliphatic heterocycles. The first-order valence-electron chi connectivity index (χ1n) is 9.76. The minimum Gasteiger partial charge on any atom is -0.507 e. The molecule has 180 valence electrons. The van der Waals surface area contributed by atoms with E-state index in [-0.39, 0.29) is 17.9 Å². The Hall–Kier alpha value is -2.90. The first kappa shape index (κ1) is 24.7. The van der Waals surface area contributed by atoms with E-state index < -0.39 is 66.3 Å². The lowest BCUT2D eigenvalue weighted by molar-refractivity contribution is -0.277. The Morgan fingerprint density at radius 1 is 1.06 bits per heavy atom. The lowest BCUT2D eigenvalue weighted by Crippen LogP contribution is -2.60. The summed E-state index contributed by atoms with van der Waals surface area (Å²) < 4.78 is 49.3. The number of carbonyl (C=O) groups is 1. The van der Waals surface area contributed by atoms with Crippen LogP contribution in [0.2, 0.25) is 0 Å². The largest absolute Gasteiger partial charge is 0.507 e. The first-order chi connectivity index (χ1) is 15.5. The smallest absolute Gasteiger partial charge is 0.416 e. The lowest BCUT2D eigenvalue weighted by atomic mass is 9.99. The van der Waals surface area contributed by atoms with Crippen LogP contribution in [0.15, 0.2) is 42.5 Å². The number of rotatable bonds is 6. The van der Waals surface area contributed by atoms with E-state index >= 15 is 0 Å². The molecule has 0 aliphatic carbocycles. The molecular weight excluding hydrogens is 451 g/mol. The number of ether oxygens (including phenoxy) is 2. The predicted molar refractivity (Wildman–Crippen MR) is 105 cm³/mol. The van der Waals surface area contributed by atoms with Crippen molar-refractivity contribution in [1.82, 2.24) is 5.32 Å². The summed E-state index contributed by atoms with van der Waals surface area (Å²) in [5.41, 5.74) is -1.13. The van der Waals surface area contributed by atoms with Gasteiger partial charge in [-0.1, -0.05) is 18.2 Å². The topological polar surface area (TPSA) is 149 Å². The zero-order valence-electron chi connectivity index (χ0n) is 16.9. The number of hydrogen-bond acceptors (Lipinski definition) is 8. The molecule has 0 radical (unpaired) electrons. The molecule has 1 amide bonds. The molecule has 0 bridgehead atoms. The molecule has 2 aromatic rings. The number of hydrogen-bond donors (Lipinski definition) is 6. The fourth-order valence-electron chi connectivity index (χ4n) is 3.26. The summed E-state index contributed by atoms with van der Waals surface area (Å²) in [6.45, 7) is -0.994. The highest BCUT2D eigenvalue weighted by Gasteiger charge is 2.45. The molecule has 0 spiro atoms. The number of carbonyl (C=O) groups excluding carboxylic acids is 1. The van der Waals surface area contributed by atoms with Gasteiger partial charge < -0.3 is 40.3 Å². The third kappa shape index (κ3) is 5.54. The molecule has 1 aliphatic rings. The van der Waals surface area contributed by atoms with E-state index in [4.69, 9.17) is 9.47 Å². The summed E-state index contributed by atoms with van der Waals surface area (Å²) in [6.07, 6.45) is -12.5. The number of phenols is 1. The molecule has 5 atom stereocenters. The minimum atomic E-state index is -4.55. The summed E-state index contributed by atoms with van der Waals surface area (Å²) in [4.78, 5) is 12.7. The zero-order valence-corrected chi connectivity index (χ0v) is 16.9. The van der Waals surface area contributed by atoms with Gasteiger partial charge in [0.05, 0.1) is 12.2 Å². The monoisotopic (exact) mass is 473 g/mol. The SMILES string of the molecule is O=C(NCc1cccc(C(F)(F)F)c1)c1c(O)cccc1O[C@@H]1O[C@H](CO)[C@@H](O)[C@H](O)[C@H]1O. The Morgan fingerprint density at radius 3 is 2.42 bits per heavy atom. The molecule has 0 unspecified atom stereocenters. The number of aliphatic hydroxyl groups is 4. The second-order valence-electron chi connectivity index (χ2n) is 7.35. The first-order valence-corrected chi connectivity index (χ1v) is 9.76. The quantitative estimate of drug-likeness (QED) is 0.356. The van der Waals surface area contributed by atoms with Crippen molar-refractivity contribution in [3.05, 3.63) is 59.2 Å². The fourth-order valence-corrected chi connectivity index (χ4v) is 3.26. The molecular formula is C21H22F3NO8. The Kier molecular flexibility index (Phi) is 7.44. The van der Waals surface area contributed by atoms with Crippen molar-refractivity contribution >= 4 is 5.91 Å². The van der Waals surface area contributed by atoms with Gasteiger partial charge in [0, 0.05) is 6.54 Å². The predicted octanol–water partition coefficient (Wildman–Crippen LogP) is 0.520. The Morgan fingerprint density at radius 2 is 1.76 bits per heavy atom. The number of amides is 1. The lowest BCUT2D eigenvalue weighted by Gasteiger charge is -2.39. The second-order valence-corrected chi connectivity index (χ2v) is 7.35. The molecule has 33 heavy (non-hydrogen) atoms. The van der Waals surface area contributed by atoms with Gasteiger partial charge in [0.25, 0.3) is 5.91 Å². The van der Waals surface area contributed by atoms with Crippen molar-refractivity contribution in [3.8, 4) is 11.5 Å². The second kappa shape index (κ2) is 9.93. The Bertz CT molecular complexity index is 984. The van der Waals surface area contributed by atoms with Crippen molar-refractivity contribution in [2.75, 3.05) is 6.61 Å². The average molecular weight is 473 g/mol. The van der Waals surface area contributed by atoms with E-state index in [0.717, 1.165) is 12.1 Å². The summed E-state index contributed by atoms with van der Waals surface area (Å²) in [5.74, 6) is -1.70. The highest BCUT2D eigenvalue weighted by Crippen LogP contribution is 2.32. The van der Waals surface area contributed by atoms with Crippen LogP contribution in [-0.4, -0.2) is 68.8 Å². The molecule has 12 heteroatoms. The van der Waals surface area contributed by atoms with Crippen molar-refractivity contribution in [1.29, 1.82) is 0 Å². The van der Waals surface area contributed by atoms with Crippen LogP contribution in [0, 0.1) is 0 Å². The molecule has 3 rings (SSSR count). The normalized spacial score (nSPS) is 25.5. The van der Waals surface area contributed by atoms with Gasteiger partial charge in [-0.25, -0.2) is 0 Å². The minimum absolute atomic E-state index is 0.157. The van der Waals surface area contributed by atoms with E-state index in [1.54, 1.807) is 0 Å². The highest BCUT2D eigenvalue weighted by atomic mass is 19.4. The van der Waals surface area contributed by atoms with Gasteiger partial charge in [0.15, 0.2) is 0 Å². The molecule has 2 aromatic carbocycles. The van der Waals surface area contributed by atoms with Crippen LogP contribution in [0.3, 0.4) is 0 Å². The average Bonchev–Trinajstić information content (AvgIpc) is 2.77. The van der Waals surface area contributed by atoms with E-state index in [1.165, 1.54) is 30.3 Å². The van der Waals surface area contributed by atoms with E-state index in [0.29, 0.717) is 0 Å². The van der Waals surface area contributed by atoms with Gasteiger partial charge in [-0.05, 0) is 29.8 Å². The van der Waals surface area contributed by atoms with E-state index in [9.17, 15) is 43.5 Å². The van der Waals surface area contributed by atoms with Crippen LogP contribution in [0.1, 0.15) is 21.5 Å². The molecule has 9 nitrogen and oxygen atoms in total. The summed E-state index contributed by atoms with van der Waals surface area (Å²) in [5, 5.41) is 51.7. The molecule has 6 N–H and O–H groups in total. The van der Waals surface area contributed by atoms with Gasteiger partial charge in [-0.2, -0.15) is 13.2 Å². The standard InChI is InChI=1S/C21H22F3NO8/c22-21(23,24)11-4-1-3-10(7-11)8-25-19(31)15-12(27)5-2-6-13(15)32-20-18(30)17(29)16(28)14(9-26)33-20/h1-7,14,16-18,20,26-30H,8-9H2,(H,25,31)/t14-,16-,17+,18-,20-/m1/s1. The highest BCUT2D eigenvalue weighted by molar-refractivity contribution is 5.99. The molecule has 0 aromatic heterocycles. The van der Waals surface area contributed by atoms with Crippen molar-refractivity contribution in [2.24, 2.45) is 0 Å². The van der Waals surface area contributed by atoms with Crippen molar-refractivity contribution < 1.29 is 53.0 Å². The number of halogens is 3. The third-order valence-electron chi connectivity index (χ3n) is 5.03. The van der Waals surface area contributed by atoms with Crippen LogP contribution >= 0.6 is 0 Å². The Labute approximate surface area is 185 Å². The van der Waals surface area contributed by atoms with E-state index in [1.807, 2.05) is 0 Å². The summed E-state index contributed by atoms with van der Waals surface area (Å²) in [6, 6.07) is 8.07. The van der Waals surface area contributed by atoms with Gasteiger partial charge >= 0.3 is 6.18 Å². The number of benzene rings is 2. The maximum atomic E-state index is 12.9. The molecule has 1 fully saturated rings. The Balaban J connectivity index is 1.77. The maximum Gasteiger partial charge on any atom is 0.416 e. The fraction of sp³-hybridized carbons (Fsp3) is 0.381. The van der Waals surface area contributed by atoms with Gasteiger partial charge in [0.1, 0.15) is 41.5 Å². The van der Waals surface area contributed by atoms with Crippen LogP contribution in [0.5, 0.6) is 11.5 Å². The summed E-state index contributed by atoms with van der Waals surface area (Å²) in [7, 11) is 0. The number of aliphatic hydroxyl groups excluding tert-OH is 4. The van der Waals surface area contributed by atoms with Gasteiger partial charge in [0.2, 0.25) is 6.29 Å². The zero-order chi connectivity index (χ0) is 24.3. The van der Waals surface area contributed by atoms with Crippen LogP contribution < -0.4 is 10.1 Å².